The van der Waals surface area contributed by atoms with E-state index in [-0.39, 0.29) is 12.4 Å². The molecule has 1 aromatic carbocycles. The van der Waals surface area contributed by atoms with E-state index in [1.54, 1.807) is 0 Å². The molecule has 19 heavy (non-hydrogen) atoms. The van der Waals surface area contributed by atoms with Crippen LogP contribution in [0.4, 0.5) is 0 Å². The highest BCUT2D eigenvalue weighted by Gasteiger charge is 2.18. The van der Waals surface area contributed by atoms with Crippen molar-refractivity contribution in [3.8, 4) is 11.3 Å². The van der Waals surface area contributed by atoms with Crippen molar-refractivity contribution in [2.45, 2.75) is 18.8 Å². The molecular formula is C14H17Cl2N3. The molecule has 0 atom stereocenters. The van der Waals surface area contributed by atoms with E-state index < -0.39 is 0 Å². The second kappa shape index (κ2) is 6.42. The van der Waals surface area contributed by atoms with Crippen LogP contribution in [0.1, 0.15) is 24.5 Å². The molecule has 0 aliphatic carbocycles. The highest BCUT2D eigenvalue weighted by molar-refractivity contribution is 6.33. The predicted octanol–water partition coefficient (Wildman–Crippen LogP) is 3.62. The molecule has 2 aromatic rings. The van der Waals surface area contributed by atoms with Gasteiger partial charge >= 0.3 is 0 Å². The van der Waals surface area contributed by atoms with E-state index in [1.165, 1.54) is 18.5 Å². The number of hydrogen-bond donors (Lipinski definition) is 2. The number of hydrogen-bond acceptors (Lipinski definition) is 2. The lowest BCUT2D eigenvalue weighted by atomic mass is 9.94. The van der Waals surface area contributed by atoms with Crippen LogP contribution in [0.25, 0.3) is 11.3 Å². The van der Waals surface area contributed by atoms with E-state index in [9.17, 15) is 0 Å². The van der Waals surface area contributed by atoms with Gasteiger partial charge in [0, 0.05) is 17.2 Å². The highest BCUT2D eigenvalue weighted by atomic mass is 35.5. The van der Waals surface area contributed by atoms with Gasteiger partial charge in [-0.1, -0.05) is 29.8 Å². The number of H-pyrrole nitrogens is 1. The molecule has 102 valence electrons. The normalized spacial score (nSPS) is 16.1. The summed E-state index contributed by atoms with van der Waals surface area (Å²) >= 11 is 6.19. The van der Waals surface area contributed by atoms with Gasteiger partial charge < -0.3 is 5.32 Å². The van der Waals surface area contributed by atoms with Gasteiger partial charge in [-0.3, -0.25) is 5.10 Å². The number of nitrogens with one attached hydrogen (secondary N) is 2. The summed E-state index contributed by atoms with van der Waals surface area (Å²) in [5.74, 6) is 0.593. The van der Waals surface area contributed by atoms with Gasteiger partial charge in [-0.25, -0.2) is 0 Å². The summed E-state index contributed by atoms with van der Waals surface area (Å²) in [6, 6.07) is 9.96. The van der Waals surface area contributed by atoms with Gasteiger partial charge in [-0.2, -0.15) is 5.10 Å². The van der Waals surface area contributed by atoms with E-state index in [0.717, 1.165) is 29.4 Å². The lowest BCUT2D eigenvalue weighted by molar-refractivity contribution is 0.453. The van der Waals surface area contributed by atoms with E-state index in [1.807, 2.05) is 24.3 Å². The molecule has 2 heterocycles. The van der Waals surface area contributed by atoms with Crippen molar-refractivity contribution < 1.29 is 0 Å². The first-order valence-corrected chi connectivity index (χ1v) is 6.73. The van der Waals surface area contributed by atoms with Crippen LogP contribution in [0.3, 0.4) is 0 Å². The van der Waals surface area contributed by atoms with Crippen molar-refractivity contribution in [3.05, 3.63) is 41.0 Å². The third-order valence-electron chi connectivity index (χ3n) is 3.53. The Morgan fingerprint density at radius 1 is 1.16 bits per heavy atom. The summed E-state index contributed by atoms with van der Waals surface area (Å²) < 4.78 is 0. The van der Waals surface area contributed by atoms with Crippen LogP contribution in [0.15, 0.2) is 30.3 Å². The zero-order valence-electron chi connectivity index (χ0n) is 10.5. The number of piperidine rings is 1. The summed E-state index contributed by atoms with van der Waals surface area (Å²) in [7, 11) is 0. The molecule has 0 spiro atoms. The smallest absolute Gasteiger partial charge is 0.0938 e. The van der Waals surface area contributed by atoms with Crippen LogP contribution in [-0.2, 0) is 0 Å². The maximum absolute atomic E-state index is 6.19. The second-order valence-electron chi connectivity index (χ2n) is 4.71. The number of nitrogens with zero attached hydrogens (tertiary/aromatic N) is 1. The lowest BCUT2D eigenvalue weighted by Gasteiger charge is -2.20. The minimum Gasteiger partial charge on any atom is -0.317 e. The Bertz CT molecular complexity index is 533. The summed E-state index contributed by atoms with van der Waals surface area (Å²) in [6.07, 6.45) is 2.34. The highest BCUT2D eigenvalue weighted by Crippen LogP contribution is 2.30. The maximum atomic E-state index is 6.19. The van der Waals surface area contributed by atoms with Gasteiger partial charge in [-0.05, 0) is 38.1 Å². The lowest BCUT2D eigenvalue weighted by Crippen LogP contribution is -2.26. The predicted molar refractivity (Wildman–Crippen MR) is 81.1 cm³/mol. The Labute approximate surface area is 124 Å². The standard InChI is InChI=1S/C14H16ClN3.ClH/c15-12-4-2-1-3-11(12)14-9-13(17-18-14)10-5-7-16-8-6-10;/h1-4,9-10,16H,5-8H2,(H,17,18);1H. The van der Waals surface area contributed by atoms with Crippen molar-refractivity contribution in [1.29, 1.82) is 0 Å². The fourth-order valence-electron chi connectivity index (χ4n) is 2.49. The molecule has 1 aliphatic heterocycles. The zero-order valence-corrected chi connectivity index (χ0v) is 12.1. The van der Waals surface area contributed by atoms with E-state index in [0.29, 0.717) is 5.92 Å². The monoisotopic (exact) mass is 297 g/mol. The fraction of sp³-hybridized carbons (Fsp3) is 0.357. The van der Waals surface area contributed by atoms with Crippen LogP contribution >= 0.6 is 24.0 Å². The molecule has 5 heteroatoms. The van der Waals surface area contributed by atoms with Gasteiger partial charge in [0.1, 0.15) is 0 Å². The van der Waals surface area contributed by atoms with Crippen molar-refractivity contribution in [3.63, 3.8) is 0 Å². The first-order valence-electron chi connectivity index (χ1n) is 6.35. The molecule has 2 N–H and O–H groups in total. The van der Waals surface area contributed by atoms with E-state index in [4.69, 9.17) is 11.6 Å². The molecule has 1 aliphatic rings. The third kappa shape index (κ3) is 3.11. The number of benzene rings is 1. The number of rotatable bonds is 2. The Balaban J connectivity index is 0.00000133. The summed E-state index contributed by atoms with van der Waals surface area (Å²) in [5.41, 5.74) is 3.16. The SMILES string of the molecule is Cl.Clc1ccccc1-c1cc(C2CCNCC2)[nH]n1. The van der Waals surface area contributed by atoms with Crippen molar-refractivity contribution in [2.75, 3.05) is 13.1 Å². The first kappa shape index (κ1) is 14.4. The molecule has 0 bridgehead atoms. The number of halogens is 2. The second-order valence-corrected chi connectivity index (χ2v) is 5.12. The molecule has 1 saturated heterocycles. The van der Waals surface area contributed by atoms with E-state index >= 15 is 0 Å². The average Bonchev–Trinajstić information content (AvgIpc) is 2.90. The first-order chi connectivity index (χ1) is 8.84. The molecule has 3 rings (SSSR count). The Morgan fingerprint density at radius 3 is 2.63 bits per heavy atom. The summed E-state index contributed by atoms with van der Waals surface area (Å²) in [5, 5.41) is 11.7. The topological polar surface area (TPSA) is 40.7 Å². The molecule has 1 aromatic heterocycles. The Hall–Kier alpha value is -1.03. The largest absolute Gasteiger partial charge is 0.317 e. The van der Waals surface area contributed by atoms with Crippen molar-refractivity contribution in [1.82, 2.24) is 15.5 Å². The molecule has 1 fully saturated rings. The van der Waals surface area contributed by atoms with Crippen LogP contribution < -0.4 is 5.32 Å². The zero-order chi connectivity index (χ0) is 12.4. The molecular weight excluding hydrogens is 281 g/mol. The third-order valence-corrected chi connectivity index (χ3v) is 3.86. The van der Waals surface area contributed by atoms with Crippen LogP contribution in [0.5, 0.6) is 0 Å². The quantitative estimate of drug-likeness (QED) is 0.889. The Kier molecular flexibility index (Phi) is 4.86. The molecule has 0 unspecified atom stereocenters. The average molecular weight is 298 g/mol. The maximum Gasteiger partial charge on any atom is 0.0938 e. The molecule has 0 radical (unpaired) electrons. The Morgan fingerprint density at radius 2 is 1.89 bits per heavy atom. The van der Waals surface area contributed by atoms with Crippen molar-refractivity contribution >= 4 is 24.0 Å². The van der Waals surface area contributed by atoms with Crippen LogP contribution in [0, 0.1) is 0 Å². The molecule has 0 amide bonds. The van der Waals surface area contributed by atoms with Gasteiger partial charge in [-0.15, -0.1) is 12.4 Å². The molecule has 0 saturated carbocycles. The van der Waals surface area contributed by atoms with E-state index in [2.05, 4.69) is 21.6 Å². The van der Waals surface area contributed by atoms with Gasteiger partial charge in [0.2, 0.25) is 0 Å². The molecule has 3 nitrogen and oxygen atoms in total. The van der Waals surface area contributed by atoms with Gasteiger partial charge in [0.05, 0.1) is 10.7 Å². The summed E-state index contributed by atoms with van der Waals surface area (Å²) in [4.78, 5) is 0. The minimum absolute atomic E-state index is 0. The fourth-order valence-corrected chi connectivity index (χ4v) is 2.72. The number of aromatic amines is 1. The van der Waals surface area contributed by atoms with Crippen LogP contribution in [-0.4, -0.2) is 23.3 Å². The number of aromatic nitrogens is 2. The van der Waals surface area contributed by atoms with Crippen LogP contribution in [0.2, 0.25) is 5.02 Å². The van der Waals surface area contributed by atoms with Crippen molar-refractivity contribution in [2.24, 2.45) is 0 Å². The minimum atomic E-state index is 0. The van der Waals surface area contributed by atoms with Gasteiger partial charge in [0.15, 0.2) is 0 Å². The van der Waals surface area contributed by atoms with Gasteiger partial charge in [0.25, 0.3) is 0 Å². The summed E-state index contributed by atoms with van der Waals surface area (Å²) in [6.45, 7) is 2.18.